The van der Waals surface area contributed by atoms with Crippen LogP contribution >= 0.6 is 0 Å². The molecule has 0 radical (unpaired) electrons. The number of hydrogen-bond donors (Lipinski definition) is 2. The standard InChI is InChI=1S/C19H22N6O2/c1-11-18(19(24(2)23-11)25-3-5-27-6-4-25)14-8-17(26)21-16-9-15-12(7-13(14)16)10-20-22-15/h7,9-10,14H,3-6,8H2,1-2H3,(H,20,22)(H,21,26)/t14-/m0/s1. The van der Waals surface area contributed by atoms with Crippen LogP contribution in [0.4, 0.5) is 11.5 Å². The molecule has 3 aromatic rings. The van der Waals surface area contributed by atoms with Crippen LogP contribution in [0, 0.1) is 6.92 Å². The zero-order chi connectivity index (χ0) is 18.5. The number of nitrogens with zero attached hydrogens (tertiary/aromatic N) is 4. The van der Waals surface area contributed by atoms with E-state index >= 15 is 0 Å². The highest BCUT2D eigenvalue weighted by atomic mass is 16.5. The fourth-order valence-electron chi connectivity index (χ4n) is 4.38. The molecule has 2 aromatic heterocycles. The SMILES string of the molecule is Cc1nn(C)c(N2CCOCC2)c1[C@H]1CC(=O)Nc2cc3[nH]ncc3cc21. The summed E-state index contributed by atoms with van der Waals surface area (Å²) in [7, 11) is 1.98. The van der Waals surface area contributed by atoms with Gasteiger partial charge in [-0.25, -0.2) is 0 Å². The van der Waals surface area contributed by atoms with Gasteiger partial charge in [0.25, 0.3) is 0 Å². The van der Waals surface area contributed by atoms with E-state index in [0.717, 1.165) is 52.3 Å². The second-order valence-electron chi connectivity index (χ2n) is 7.25. The largest absolute Gasteiger partial charge is 0.378 e. The Labute approximate surface area is 156 Å². The number of carbonyl (C=O) groups is 1. The molecule has 1 fully saturated rings. The summed E-state index contributed by atoms with van der Waals surface area (Å²) in [6.45, 7) is 5.11. The van der Waals surface area contributed by atoms with Gasteiger partial charge in [0.2, 0.25) is 5.91 Å². The molecule has 1 saturated heterocycles. The number of ether oxygens (including phenoxy) is 1. The normalized spacial score (nSPS) is 20.0. The van der Waals surface area contributed by atoms with Crippen molar-refractivity contribution in [1.29, 1.82) is 0 Å². The number of morpholine rings is 1. The van der Waals surface area contributed by atoms with Gasteiger partial charge < -0.3 is 15.0 Å². The van der Waals surface area contributed by atoms with E-state index in [2.05, 4.69) is 26.5 Å². The van der Waals surface area contributed by atoms with Gasteiger partial charge in [-0.2, -0.15) is 10.2 Å². The summed E-state index contributed by atoms with van der Waals surface area (Å²) in [5, 5.41) is 15.9. The van der Waals surface area contributed by atoms with Crippen molar-refractivity contribution in [3.05, 3.63) is 35.2 Å². The molecular weight excluding hydrogens is 344 g/mol. The van der Waals surface area contributed by atoms with Crippen LogP contribution in [0.15, 0.2) is 18.3 Å². The van der Waals surface area contributed by atoms with E-state index in [0.29, 0.717) is 19.6 Å². The molecule has 27 heavy (non-hydrogen) atoms. The molecule has 0 aliphatic carbocycles. The van der Waals surface area contributed by atoms with Gasteiger partial charge in [0.15, 0.2) is 0 Å². The summed E-state index contributed by atoms with van der Waals surface area (Å²) in [6, 6.07) is 4.11. The fraction of sp³-hybridized carbons (Fsp3) is 0.421. The quantitative estimate of drug-likeness (QED) is 0.723. The molecule has 0 unspecified atom stereocenters. The number of anilines is 2. The summed E-state index contributed by atoms with van der Waals surface area (Å²) in [6.07, 6.45) is 2.24. The smallest absolute Gasteiger partial charge is 0.225 e. The number of aromatic amines is 1. The highest BCUT2D eigenvalue weighted by Gasteiger charge is 2.34. The number of aryl methyl sites for hydroxylation is 2. The van der Waals surface area contributed by atoms with Crippen LogP contribution < -0.4 is 10.2 Å². The molecule has 8 heteroatoms. The Kier molecular flexibility index (Phi) is 3.68. The van der Waals surface area contributed by atoms with Crippen molar-refractivity contribution >= 4 is 28.3 Å². The number of benzene rings is 1. The van der Waals surface area contributed by atoms with Gasteiger partial charge in [-0.05, 0) is 24.6 Å². The third-order valence-corrected chi connectivity index (χ3v) is 5.55. The first-order valence-electron chi connectivity index (χ1n) is 9.25. The van der Waals surface area contributed by atoms with Crippen molar-refractivity contribution in [3.63, 3.8) is 0 Å². The van der Waals surface area contributed by atoms with Crippen LogP contribution in [-0.2, 0) is 16.6 Å². The first kappa shape index (κ1) is 16.3. The lowest BCUT2D eigenvalue weighted by Crippen LogP contribution is -2.38. The Morgan fingerprint density at radius 1 is 1.26 bits per heavy atom. The second-order valence-corrected chi connectivity index (χ2v) is 7.25. The molecule has 1 atom stereocenters. The molecule has 2 aliphatic rings. The third-order valence-electron chi connectivity index (χ3n) is 5.55. The van der Waals surface area contributed by atoms with Gasteiger partial charge in [0, 0.05) is 49.1 Å². The van der Waals surface area contributed by atoms with Crippen molar-refractivity contribution in [3.8, 4) is 0 Å². The average molecular weight is 366 g/mol. The van der Waals surface area contributed by atoms with E-state index < -0.39 is 0 Å². The number of H-pyrrole nitrogens is 1. The number of amides is 1. The Bertz CT molecular complexity index is 1030. The van der Waals surface area contributed by atoms with Crippen LogP contribution in [-0.4, -0.2) is 52.2 Å². The summed E-state index contributed by atoms with van der Waals surface area (Å²) in [5.41, 5.74) is 5.00. The van der Waals surface area contributed by atoms with E-state index in [1.165, 1.54) is 0 Å². The predicted molar refractivity (Wildman–Crippen MR) is 102 cm³/mol. The van der Waals surface area contributed by atoms with Gasteiger partial charge in [-0.1, -0.05) is 0 Å². The molecule has 1 aromatic carbocycles. The number of aromatic nitrogens is 4. The van der Waals surface area contributed by atoms with E-state index in [1.807, 2.05) is 30.9 Å². The number of rotatable bonds is 2. The van der Waals surface area contributed by atoms with Crippen molar-refractivity contribution < 1.29 is 9.53 Å². The maximum atomic E-state index is 12.5. The van der Waals surface area contributed by atoms with Gasteiger partial charge in [0.1, 0.15) is 5.82 Å². The van der Waals surface area contributed by atoms with Crippen molar-refractivity contribution in [2.24, 2.45) is 7.05 Å². The Morgan fingerprint density at radius 2 is 2.07 bits per heavy atom. The minimum atomic E-state index is -0.0282. The van der Waals surface area contributed by atoms with Crippen LogP contribution in [0.25, 0.3) is 10.9 Å². The maximum Gasteiger partial charge on any atom is 0.225 e. The topological polar surface area (TPSA) is 88.1 Å². The lowest BCUT2D eigenvalue weighted by Gasteiger charge is -2.32. The summed E-state index contributed by atoms with van der Waals surface area (Å²) < 4.78 is 7.46. The van der Waals surface area contributed by atoms with Crippen LogP contribution in [0.5, 0.6) is 0 Å². The maximum absolute atomic E-state index is 12.5. The fourth-order valence-corrected chi connectivity index (χ4v) is 4.38. The van der Waals surface area contributed by atoms with Crippen LogP contribution in [0.3, 0.4) is 0 Å². The number of hydrogen-bond acceptors (Lipinski definition) is 5. The van der Waals surface area contributed by atoms with Crippen molar-refractivity contribution in [2.45, 2.75) is 19.3 Å². The minimum absolute atomic E-state index is 0.0282. The highest BCUT2D eigenvalue weighted by molar-refractivity contribution is 5.98. The minimum Gasteiger partial charge on any atom is -0.378 e. The molecule has 4 heterocycles. The molecular formula is C19H22N6O2. The number of carbonyl (C=O) groups excluding carboxylic acids is 1. The zero-order valence-corrected chi connectivity index (χ0v) is 15.5. The predicted octanol–water partition coefficient (Wildman–Crippen LogP) is 1.92. The first-order valence-corrected chi connectivity index (χ1v) is 9.25. The van der Waals surface area contributed by atoms with Crippen LogP contribution in [0.2, 0.25) is 0 Å². The lowest BCUT2D eigenvalue weighted by molar-refractivity contribution is -0.116. The van der Waals surface area contributed by atoms with E-state index in [-0.39, 0.29) is 11.8 Å². The van der Waals surface area contributed by atoms with Gasteiger partial charge in [0.05, 0.1) is 30.6 Å². The van der Waals surface area contributed by atoms with E-state index in [9.17, 15) is 4.79 Å². The Balaban J connectivity index is 1.68. The third kappa shape index (κ3) is 2.59. The molecule has 0 spiro atoms. The Morgan fingerprint density at radius 3 is 2.89 bits per heavy atom. The molecule has 0 saturated carbocycles. The zero-order valence-electron chi connectivity index (χ0n) is 15.5. The van der Waals surface area contributed by atoms with Crippen molar-refractivity contribution in [2.75, 3.05) is 36.5 Å². The van der Waals surface area contributed by atoms with E-state index in [1.54, 1.807) is 0 Å². The molecule has 0 bridgehead atoms. The molecule has 1 amide bonds. The lowest BCUT2D eigenvalue weighted by atomic mass is 9.83. The summed E-state index contributed by atoms with van der Waals surface area (Å²) in [4.78, 5) is 14.8. The summed E-state index contributed by atoms with van der Waals surface area (Å²) >= 11 is 0. The number of nitrogens with one attached hydrogen (secondary N) is 2. The summed E-state index contributed by atoms with van der Waals surface area (Å²) in [5.74, 6) is 1.09. The van der Waals surface area contributed by atoms with E-state index in [4.69, 9.17) is 9.84 Å². The van der Waals surface area contributed by atoms with Gasteiger partial charge in [-0.15, -0.1) is 0 Å². The first-order chi connectivity index (χ1) is 13.1. The molecule has 2 N–H and O–H groups in total. The molecule has 140 valence electrons. The van der Waals surface area contributed by atoms with Crippen molar-refractivity contribution in [1.82, 2.24) is 20.0 Å². The molecule has 2 aliphatic heterocycles. The van der Waals surface area contributed by atoms with Gasteiger partial charge in [-0.3, -0.25) is 14.6 Å². The number of fused-ring (bicyclic) bond motifs is 2. The monoisotopic (exact) mass is 366 g/mol. The molecule has 8 nitrogen and oxygen atoms in total. The molecule has 5 rings (SSSR count). The average Bonchev–Trinajstić information content (AvgIpc) is 3.22. The van der Waals surface area contributed by atoms with Gasteiger partial charge >= 0.3 is 0 Å². The highest BCUT2D eigenvalue weighted by Crippen LogP contribution is 2.43. The second kappa shape index (κ2) is 6.09. The Hall–Kier alpha value is -2.87. The van der Waals surface area contributed by atoms with Crippen LogP contribution in [0.1, 0.15) is 29.2 Å².